The number of hydrogen-bond donors (Lipinski definition) is 2. The van der Waals surface area contributed by atoms with Gasteiger partial charge in [0, 0.05) is 26.2 Å². The van der Waals surface area contributed by atoms with Crippen LogP contribution in [-0.4, -0.2) is 71.5 Å². The van der Waals surface area contributed by atoms with Gasteiger partial charge in [-0.05, 0) is 24.0 Å². The number of sulfonamides is 1. The summed E-state index contributed by atoms with van der Waals surface area (Å²) in [4.78, 5) is 12.2. The van der Waals surface area contributed by atoms with E-state index in [-0.39, 0.29) is 35.4 Å². The lowest BCUT2D eigenvalue weighted by atomic mass is 10.1. The largest absolute Gasteiger partial charge is 0.379 e. The fraction of sp³-hybridized carbons (Fsp3) is 0.588. The fourth-order valence-electron chi connectivity index (χ4n) is 3.34. The molecule has 2 aliphatic rings. The van der Waals surface area contributed by atoms with Crippen molar-refractivity contribution in [3.63, 3.8) is 0 Å². The molecule has 2 saturated heterocycles. The summed E-state index contributed by atoms with van der Waals surface area (Å²) in [5.74, 6) is 0.173. The summed E-state index contributed by atoms with van der Waals surface area (Å²) in [5, 5.41) is 5.32. The van der Waals surface area contributed by atoms with Crippen LogP contribution in [0.4, 0.5) is 4.79 Å². The van der Waals surface area contributed by atoms with Crippen LogP contribution in [0.1, 0.15) is 12.0 Å². The summed E-state index contributed by atoms with van der Waals surface area (Å²) in [7, 11) is -6.65. The quantitative estimate of drug-likeness (QED) is 0.651. The van der Waals surface area contributed by atoms with Crippen molar-refractivity contribution in [1.29, 1.82) is 0 Å². The summed E-state index contributed by atoms with van der Waals surface area (Å²) in [5.41, 5.74) is 0.493. The topological polar surface area (TPSA) is 122 Å². The number of amides is 2. The van der Waals surface area contributed by atoms with Crippen molar-refractivity contribution in [3.05, 3.63) is 29.8 Å². The van der Waals surface area contributed by atoms with Crippen LogP contribution in [-0.2, 0) is 31.1 Å². The number of morpholine rings is 1. The first-order valence-corrected chi connectivity index (χ1v) is 12.4. The van der Waals surface area contributed by atoms with Crippen LogP contribution >= 0.6 is 0 Å². The van der Waals surface area contributed by atoms with E-state index < -0.39 is 25.9 Å². The smallest absolute Gasteiger partial charge is 0.315 e. The molecule has 0 spiro atoms. The zero-order valence-corrected chi connectivity index (χ0v) is 17.1. The Labute approximate surface area is 165 Å². The van der Waals surface area contributed by atoms with E-state index in [1.165, 1.54) is 10.4 Å². The van der Waals surface area contributed by atoms with Crippen LogP contribution in [0.15, 0.2) is 29.2 Å². The van der Waals surface area contributed by atoms with Crippen LogP contribution in [0, 0.1) is 5.92 Å². The van der Waals surface area contributed by atoms with Gasteiger partial charge in [0.1, 0.15) is 0 Å². The van der Waals surface area contributed by atoms with Crippen LogP contribution in [0.25, 0.3) is 0 Å². The molecule has 2 heterocycles. The predicted octanol–water partition coefficient (Wildman–Crippen LogP) is -0.0586. The Morgan fingerprint density at radius 1 is 1.18 bits per heavy atom. The van der Waals surface area contributed by atoms with Gasteiger partial charge >= 0.3 is 6.03 Å². The second-order valence-corrected chi connectivity index (χ2v) is 11.1. The monoisotopic (exact) mass is 431 g/mol. The molecule has 3 rings (SSSR count). The number of sulfone groups is 1. The van der Waals surface area contributed by atoms with E-state index in [9.17, 15) is 21.6 Å². The molecule has 0 aromatic heterocycles. The first-order valence-electron chi connectivity index (χ1n) is 9.16. The van der Waals surface area contributed by atoms with Crippen molar-refractivity contribution in [3.8, 4) is 0 Å². The van der Waals surface area contributed by atoms with E-state index in [0.717, 1.165) is 0 Å². The Hall–Kier alpha value is -1.69. The Kier molecular flexibility index (Phi) is 6.58. The van der Waals surface area contributed by atoms with Gasteiger partial charge in [-0.25, -0.2) is 21.6 Å². The first-order chi connectivity index (χ1) is 13.3. The summed E-state index contributed by atoms with van der Waals surface area (Å²) in [6.45, 7) is 1.65. The van der Waals surface area contributed by atoms with Crippen molar-refractivity contribution in [1.82, 2.24) is 14.9 Å². The van der Waals surface area contributed by atoms with E-state index in [2.05, 4.69) is 10.6 Å². The lowest BCUT2D eigenvalue weighted by Crippen LogP contribution is -2.41. The van der Waals surface area contributed by atoms with E-state index in [1.54, 1.807) is 18.2 Å². The van der Waals surface area contributed by atoms with Gasteiger partial charge in [-0.2, -0.15) is 4.31 Å². The second kappa shape index (κ2) is 8.76. The molecule has 2 amide bonds. The number of ether oxygens (including phenoxy) is 1. The van der Waals surface area contributed by atoms with Gasteiger partial charge in [-0.15, -0.1) is 0 Å². The van der Waals surface area contributed by atoms with Gasteiger partial charge in [0.2, 0.25) is 10.0 Å². The number of benzene rings is 1. The third kappa shape index (κ3) is 5.22. The molecule has 1 aromatic rings. The molecule has 0 unspecified atom stereocenters. The molecule has 0 bridgehead atoms. The summed E-state index contributed by atoms with van der Waals surface area (Å²) in [6.07, 6.45) is 0.545. The molecular formula is C17H25N3O6S2. The second-order valence-electron chi connectivity index (χ2n) is 6.96. The first kappa shape index (κ1) is 21.0. The number of hydrogen-bond acceptors (Lipinski definition) is 6. The summed E-state index contributed by atoms with van der Waals surface area (Å²) >= 11 is 0. The molecular weight excluding hydrogens is 406 g/mol. The molecule has 0 aliphatic carbocycles. The van der Waals surface area contributed by atoms with Crippen molar-refractivity contribution >= 4 is 25.9 Å². The van der Waals surface area contributed by atoms with Crippen LogP contribution in [0.3, 0.4) is 0 Å². The maximum Gasteiger partial charge on any atom is 0.315 e. The zero-order valence-electron chi connectivity index (χ0n) is 15.5. The maximum atomic E-state index is 12.9. The molecule has 1 aromatic carbocycles. The minimum Gasteiger partial charge on any atom is -0.379 e. The van der Waals surface area contributed by atoms with Crippen molar-refractivity contribution < 1.29 is 26.4 Å². The molecule has 2 fully saturated rings. The predicted molar refractivity (Wildman–Crippen MR) is 103 cm³/mol. The number of carbonyl (C=O) groups excluding carboxylic acids is 1. The van der Waals surface area contributed by atoms with E-state index >= 15 is 0 Å². The highest BCUT2D eigenvalue weighted by molar-refractivity contribution is 7.91. The van der Waals surface area contributed by atoms with Gasteiger partial charge in [0.15, 0.2) is 9.84 Å². The summed E-state index contributed by atoms with van der Waals surface area (Å²) in [6, 6.07) is 6.11. The Morgan fingerprint density at radius 2 is 1.89 bits per heavy atom. The van der Waals surface area contributed by atoms with Crippen LogP contribution in [0.2, 0.25) is 0 Å². The summed E-state index contributed by atoms with van der Waals surface area (Å²) < 4.78 is 55.3. The van der Waals surface area contributed by atoms with Crippen LogP contribution in [0.5, 0.6) is 0 Å². The maximum absolute atomic E-state index is 12.9. The number of rotatable bonds is 6. The standard InChI is InChI=1S/C17H25N3O6S2/c21-17(18-11-14-5-10-27(22,23)13-14)19-12-15-3-1-2-4-16(15)28(24,25)20-6-8-26-9-7-20/h1-4,14H,5-13H2,(H2,18,19,21)/t14-/m1/s1. The molecule has 9 nitrogen and oxygen atoms in total. The lowest BCUT2D eigenvalue weighted by molar-refractivity contribution is 0.0730. The third-order valence-electron chi connectivity index (χ3n) is 4.88. The average molecular weight is 432 g/mol. The normalized spacial score (nSPS) is 22.6. The Balaban J connectivity index is 1.58. The molecule has 156 valence electrons. The molecule has 11 heteroatoms. The number of nitrogens with one attached hydrogen (secondary N) is 2. The van der Waals surface area contributed by atoms with Crippen LogP contribution < -0.4 is 10.6 Å². The van der Waals surface area contributed by atoms with Gasteiger partial charge in [0.25, 0.3) is 0 Å². The lowest BCUT2D eigenvalue weighted by Gasteiger charge is -2.27. The highest BCUT2D eigenvalue weighted by atomic mass is 32.2. The molecule has 1 atom stereocenters. The third-order valence-corrected chi connectivity index (χ3v) is 8.71. The SMILES string of the molecule is O=C(NCc1ccccc1S(=O)(=O)N1CCOCC1)NC[C@H]1CCS(=O)(=O)C1. The fourth-order valence-corrected chi connectivity index (χ4v) is 6.83. The highest BCUT2D eigenvalue weighted by Crippen LogP contribution is 2.21. The molecule has 0 radical (unpaired) electrons. The minimum atomic E-state index is -3.66. The van der Waals surface area contributed by atoms with Gasteiger partial charge in [-0.1, -0.05) is 18.2 Å². The van der Waals surface area contributed by atoms with Gasteiger partial charge in [0.05, 0.1) is 29.6 Å². The average Bonchev–Trinajstić information content (AvgIpc) is 3.04. The number of carbonyl (C=O) groups is 1. The van der Waals surface area contributed by atoms with Crippen molar-refractivity contribution in [2.24, 2.45) is 5.92 Å². The number of nitrogens with zero attached hydrogens (tertiary/aromatic N) is 1. The van der Waals surface area contributed by atoms with Crippen molar-refractivity contribution in [2.75, 3.05) is 44.4 Å². The zero-order chi connectivity index (χ0) is 20.2. The molecule has 0 saturated carbocycles. The molecule has 2 N–H and O–H groups in total. The minimum absolute atomic E-state index is 0.0501. The number of urea groups is 1. The Bertz CT molecular complexity index is 911. The molecule has 2 aliphatic heterocycles. The molecule has 28 heavy (non-hydrogen) atoms. The van der Waals surface area contributed by atoms with E-state index in [1.807, 2.05) is 0 Å². The van der Waals surface area contributed by atoms with Gasteiger partial charge < -0.3 is 15.4 Å². The van der Waals surface area contributed by atoms with Crippen molar-refractivity contribution in [2.45, 2.75) is 17.9 Å². The highest BCUT2D eigenvalue weighted by Gasteiger charge is 2.29. The Morgan fingerprint density at radius 3 is 2.57 bits per heavy atom. The van der Waals surface area contributed by atoms with E-state index in [0.29, 0.717) is 38.3 Å². The van der Waals surface area contributed by atoms with Gasteiger partial charge in [-0.3, -0.25) is 0 Å². The van der Waals surface area contributed by atoms with E-state index in [4.69, 9.17) is 4.74 Å².